The predicted molar refractivity (Wildman–Crippen MR) is 109 cm³/mol. The minimum Gasteiger partial charge on any atom is -0.305 e. The Morgan fingerprint density at radius 1 is 1.23 bits per heavy atom. The third-order valence-electron chi connectivity index (χ3n) is 5.18. The maximum absolute atomic E-state index is 13.1. The van der Waals surface area contributed by atoms with Crippen LogP contribution in [0.4, 0.5) is 0 Å². The van der Waals surface area contributed by atoms with Crippen molar-refractivity contribution in [2.75, 3.05) is 33.2 Å². The van der Waals surface area contributed by atoms with E-state index in [1.165, 1.54) is 0 Å². The van der Waals surface area contributed by atoms with Gasteiger partial charge in [0.05, 0.1) is 11.4 Å². The number of halogens is 1. The van der Waals surface area contributed by atoms with Gasteiger partial charge in [0, 0.05) is 36.8 Å². The summed E-state index contributed by atoms with van der Waals surface area (Å²) < 4.78 is 2.64. The van der Waals surface area contributed by atoms with Crippen LogP contribution in [0.1, 0.15) is 45.0 Å². The lowest BCUT2D eigenvalue weighted by molar-refractivity contribution is 0.180. The fraction of sp³-hybridized carbons (Fsp3) is 0.632. The number of hydrogen-bond donors (Lipinski definition) is 0. The van der Waals surface area contributed by atoms with E-state index in [4.69, 9.17) is 4.98 Å². The van der Waals surface area contributed by atoms with Crippen LogP contribution in [0.3, 0.4) is 0 Å². The van der Waals surface area contributed by atoms with E-state index in [0.717, 1.165) is 55.7 Å². The Morgan fingerprint density at radius 2 is 2.04 bits per heavy atom. The van der Waals surface area contributed by atoms with Crippen LogP contribution in [0.25, 0.3) is 11.0 Å². The van der Waals surface area contributed by atoms with Crippen molar-refractivity contribution in [2.24, 2.45) is 0 Å². The van der Waals surface area contributed by atoms with Gasteiger partial charge in [-0.3, -0.25) is 14.3 Å². The van der Waals surface area contributed by atoms with Gasteiger partial charge >= 0.3 is 0 Å². The second kappa shape index (κ2) is 8.59. The Labute approximate surface area is 163 Å². The molecule has 2 aromatic rings. The van der Waals surface area contributed by atoms with Crippen LogP contribution in [0.5, 0.6) is 0 Å². The SMILES string of the molecule is CCCC(c1nc2ncc(Br)cc2c(=O)n1CC)N1CCCN(C)CC1. The van der Waals surface area contributed by atoms with Crippen LogP contribution in [0, 0.1) is 0 Å². The van der Waals surface area contributed by atoms with E-state index < -0.39 is 0 Å². The molecule has 1 unspecified atom stereocenters. The molecule has 142 valence electrons. The molecule has 3 rings (SSSR count). The molecule has 0 N–H and O–H groups in total. The second-order valence-electron chi connectivity index (χ2n) is 7.04. The lowest BCUT2D eigenvalue weighted by Crippen LogP contribution is -2.37. The minimum atomic E-state index is 0.00865. The molecule has 0 amide bonds. The Balaban J connectivity index is 2.09. The molecule has 0 aromatic carbocycles. The van der Waals surface area contributed by atoms with E-state index in [9.17, 15) is 4.79 Å². The molecule has 0 radical (unpaired) electrons. The molecule has 1 aliphatic heterocycles. The highest BCUT2D eigenvalue weighted by atomic mass is 79.9. The van der Waals surface area contributed by atoms with Crippen LogP contribution in [0.15, 0.2) is 21.5 Å². The normalized spacial score (nSPS) is 18.2. The molecule has 0 spiro atoms. The lowest BCUT2D eigenvalue weighted by Gasteiger charge is -2.31. The highest BCUT2D eigenvalue weighted by molar-refractivity contribution is 9.10. The summed E-state index contributed by atoms with van der Waals surface area (Å²) in [5.41, 5.74) is 0.556. The van der Waals surface area contributed by atoms with Crippen molar-refractivity contribution in [3.05, 3.63) is 32.9 Å². The maximum Gasteiger partial charge on any atom is 0.263 e. The number of likely N-dealkylation sites (N-methyl/N-ethyl adjacent to an activating group) is 1. The second-order valence-corrected chi connectivity index (χ2v) is 7.96. The van der Waals surface area contributed by atoms with Crippen molar-refractivity contribution in [2.45, 2.75) is 45.7 Å². The van der Waals surface area contributed by atoms with Gasteiger partial charge < -0.3 is 4.90 Å². The van der Waals surface area contributed by atoms with Crippen LogP contribution < -0.4 is 5.56 Å². The third-order valence-corrected chi connectivity index (χ3v) is 5.61. The largest absolute Gasteiger partial charge is 0.305 e. The molecular weight excluding hydrogens is 394 g/mol. The Bertz CT molecular complexity index is 821. The van der Waals surface area contributed by atoms with E-state index in [1.54, 1.807) is 6.20 Å². The van der Waals surface area contributed by atoms with E-state index >= 15 is 0 Å². The number of pyridine rings is 1. The monoisotopic (exact) mass is 421 g/mol. The smallest absolute Gasteiger partial charge is 0.263 e. The fourth-order valence-corrected chi connectivity index (χ4v) is 4.11. The van der Waals surface area contributed by atoms with Gasteiger partial charge in [-0.25, -0.2) is 9.97 Å². The summed E-state index contributed by atoms with van der Waals surface area (Å²) >= 11 is 3.41. The average Bonchev–Trinajstić information content (AvgIpc) is 2.85. The zero-order chi connectivity index (χ0) is 18.7. The van der Waals surface area contributed by atoms with Gasteiger partial charge in [-0.2, -0.15) is 0 Å². The number of fused-ring (bicyclic) bond motifs is 1. The zero-order valence-electron chi connectivity index (χ0n) is 15.9. The number of aromatic nitrogens is 3. The number of hydrogen-bond acceptors (Lipinski definition) is 5. The summed E-state index contributed by atoms with van der Waals surface area (Å²) in [7, 11) is 2.18. The Morgan fingerprint density at radius 3 is 2.77 bits per heavy atom. The van der Waals surface area contributed by atoms with Crippen molar-refractivity contribution < 1.29 is 0 Å². The first-order valence-electron chi connectivity index (χ1n) is 9.53. The molecule has 1 fully saturated rings. The van der Waals surface area contributed by atoms with Crippen molar-refractivity contribution in [1.82, 2.24) is 24.3 Å². The highest BCUT2D eigenvalue weighted by Gasteiger charge is 2.26. The first-order chi connectivity index (χ1) is 12.5. The summed E-state index contributed by atoms with van der Waals surface area (Å²) in [5, 5.41) is 0.579. The Kier molecular flexibility index (Phi) is 6.42. The van der Waals surface area contributed by atoms with E-state index in [-0.39, 0.29) is 11.6 Å². The topological polar surface area (TPSA) is 54.3 Å². The van der Waals surface area contributed by atoms with Gasteiger partial charge in [-0.05, 0) is 55.4 Å². The molecular formula is C19H28BrN5O. The van der Waals surface area contributed by atoms with Gasteiger partial charge in [0.1, 0.15) is 5.82 Å². The van der Waals surface area contributed by atoms with Gasteiger partial charge in [-0.15, -0.1) is 0 Å². The third kappa shape index (κ3) is 4.00. The molecule has 0 bridgehead atoms. The number of nitrogens with zero attached hydrogens (tertiary/aromatic N) is 5. The van der Waals surface area contributed by atoms with E-state index in [0.29, 0.717) is 17.6 Å². The Hall–Kier alpha value is -1.31. The van der Waals surface area contributed by atoms with Crippen molar-refractivity contribution in [3.8, 4) is 0 Å². The molecule has 1 atom stereocenters. The van der Waals surface area contributed by atoms with Crippen molar-refractivity contribution in [1.29, 1.82) is 0 Å². The number of rotatable bonds is 5. The minimum absolute atomic E-state index is 0.00865. The summed E-state index contributed by atoms with van der Waals surface area (Å²) in [6, 6.07) is 1.98. The predicted octanol–water partition coefficient (Wildman–Crippen LogP) is 3.05. The molecule has 2 aromatic heterocycles. The molecule has 7 heteroatoms. The van der Waals surface area contributed by atoms with Crippen LogP contribution in [-0.4, -0.2) is 57.6 Å². The standard InChI is InChI=1S/C19H28BrN5O/c1-4-7-16(24-9-6-8-23(3)10-11-24)18-22-17-15(12-14(20)13-21-17)19(26)25(18)5-2/h12-13,16H,4-11H2,1-3H3. The summed E-state index contributed by atoms with van der Waals surface area (Å²) in [4.78, 5) is 27.2. The molecule has 0 saturated carbocycles. The first-order valence-corrected chi connectivity index (χ1v) is 10.3. The quantitative estimate of drug-likeness (QED) is 0.742. The van der Waals surface area contributed by atoms with E-state index in [1.807, 2.05) is 17.6 Å². The van der Waals surface area contributed by atoms with Crippen LogP contribution in [-0.2, 0) is 6.54 Å². The van der Waals surface area contributed by atoms with Crippen LogP contribution in [0.2, 0.25) is 0 Å². The van der Waals surface area contributed by atoms with Gasteiger partial charge in [0.25, 0.3) is 5.56 Å². The molecule has 3 heterocycles. The summed E-state index contributed by atoms with van der Waals surface area (Å²) in [6.45, 7) is 9.06. The molecule has 26 heavy (non-hydrogen) atoms. The zero-order valence-corrected chi connectivity index (χ0v) is 17.5. The van der Waals surface area contributed by atoms with Gasteiger partial charge in [0.2, 0.25) is 0 Å². The first kappa shape index (κ1) is 19.5. The van der Waals surface area contributed by atoms with Crippen molar-refractivity contribution >= 4 is 27.0 Å². The molecule has 6 nitrogen and oxygen atoms in total. The van der Waals surface area contributed by atoms with Gasteiger partial charge in [-0.1, -0.05) is 13.3 Å². The average molecular weight is 422 g/mol. The van der Waals surface area contributed by atoms with Crippen LogP contribution >= 0.6 is 15.9 Å². The molecule has 1 aliphatic rings. The summed E-state index contributed by atoms with van der Waals surface area (Å²) in [5.74, 6) is 0.867. The molecule has 0 aliphatic carbocycles. The van der Waals surface area contributed by atoms with E-state index in [2.05, 4.69) is 44.7 Å². The van der Waals surface area contributed by atoms with Crippen molar-refractivity contribution in [3.63, 3.8) is 0 Å². The lowest BCUT2D eigenvalue weighted by atomic mass is 10.1. The fourth-order valence-electron chi connectivity index (χ4n) is 3.78. The van der Waals surface area contributed by atoms with Gasteiger partial charge in [0.15, 0.2) is 5.65 Å². The highest BCUT2D eigenvalue weighted by Crippen LogP contribution is 2.26. The summed E-state index contributed by atoms with van der Waals surface area (Å²) in [6.07, 6.45) is 4.91. The molecule has 1 saturated heterocycles. The maximum atomic E-state index is 13.1.